The zero-order chi connectivity index (χ0) is 22.5. The number of benzene rings is 2. The molecule has 170 valence electrons. The molecule has 2 atom stereocenters. The summed E-state index contributed by atoms with van der Waals surface area (Å²) >= 11 is 3.18. The molecule has 0 saturated heterocycles. The predicted octanol–water partition coefficient (Wildman–Crippen LogP) is 1.98. The third-order valence-corrected chi connectivity index (χ3v) is 7.21. The van der Waals surface area contributed by atoms with Gasteiger partial charge in [0, 0.05) is 11.5 Å². The topological polar surface area (TPSA) is 117 Å². The highest BCUT2D eigenvalue weighted by atomic mass is 32.2. The fraction of sp³-hybridized carbons (Fsp3) is 0.364. The van der Waals surface area contributed by atoms with E-state index in [0.717, 1.165) is 43.9 Å². The Bertz CT molecular complexity index is 1090. The standard InChI is InChI=1S/C22H26N4O4S2/c27-13-15(29)11-25-19-7-3-1-5-17(19)23-21(25)31-9-10-32-22-24-18-6-2-4-8-20(18)26(22)12-16(30)14-28/h1-8,15-16,27-30H,9-14H2/t15-,16-/m1/s1. The van der Waals surface area contributed by atoms with Crippen molar-refractivity contribution in [1.82, 2.24) is 19.1 Å². The van der Waals surface area contributed by atoms with Gasteiger partial charge in [0.25, 0.3) is 0 Å². The summed E-state index contributed by atoms with van der Waals surface area (Å²) in [7, 11) is 0. The minimum absolute atomic E-state index is 0.279. The fourth-order valence-corrected chi connectivity index (χ4v) is 5.50. The number of thioether (sulfide) groups is 2. The van der Waals surface area contributed by atoms with Crippen LogP contribution in [0.25, 0.3) is 22.1 Å². The SMILES string of the molecule is OC[C@H](O)Cn1c(SCCSc2nc3ccccc3n2C[C@@H](O)CO)nc2ccccc21. The summed E-state index contributed by atoms with van der Waals surface area (Å²) < 4.78 is 3.89. The van der Waals surface area contributed by atoms with Crippen molar-refractivity contribution >= 4 is 45.6 Å². The van der Waals surface area contributed by atoms with Gasteiger partial charge in [-0.05, 0) is 24.3 Å². The van der Waals surface area contributed by atoms with E-state index < -0.39 is 12.2 Å². The van der Waals surface area contributed by atoms with E-state index in [1.54, 1.807) is 23.5 Å². The number of hydrogen-bond acceptors (Lipinski definition) is 8. The van der Waals surface area contributed by atoms with Gasteiger partial charge in [-0.15, -0.1) is 0 Å². The Morgan fingerprint density at radius 3 is 1.50 bits per heavy atom. The monoisotopic (exact) mass is 474 g/mol. The average Bonchev–Trinajstić information content (AvgIpc) is 3.34. The first-order chi connectivity index (χ1) is 15.6. The highest BCUT2D eigenvalue weighted by Crippen LogP contribution is 2.28. The molecule has 0 saturated carbocycles. The largest absolute Gasteiger partial charge is 0.394 e. The van der Waals surface area contributed by atoms with Crippen LogP contribution in [0.3, 0.4) is 0 Å². The second-order valence-corrected chi connectivity index (χ2v) is 9.48. The van der Waals surface area contributed by atoms with Gasteiger partial charge in [0.2, 0.25) is 0 Å². The van der Waals surface area contributed by atoms with Crippen molar-refractivity contribution in [2.45, 2.75) is 35.6 Å². The van der Waals surface area contributed by atoms with E-state index in [1.807, 2.05) is 57.7 Å². The van der Waals surface area contributed by atoms with Crippen LogP contribution in [0, 0.1) is 0 Å². The molecular weight excluding hydrogens is 448 g/mol. The van der Waals surface area contributed by atoms with Gasteiger partial charge < -0.3 is 29.6 Å². The molecule has 2 aromatic carbocycles. The summed E-state index contributed by atoms with van der Waals surface area (Å²) in [5.74, 6) is 1.52. The van der Waals surface area contributed by atoms with Gasteiger partial charge in [0.05, 0.1) is 60.6 Å². The van der Waals surface area contributed by atoms with Crippen LogP contribution in [0.5, 0.6) is 0 Å². The van der Waals surface area contributed by atoms with Crippen molar-refractivity contribution in [3.8, 4) is 0 Å². The van der Waals surface area contributed by atoms with Crippen LogP contribution in [0.1, 0.15) is 0 Å². The number of nitrogens with zero attached hydrogens (tertiary/aromatic N) is 4. The third kappa shape index (κ3) is 5.11. The molecule has 0 fully saturated rings. The minimum Gasteiger partial charge on any atom is -0.394 e. The average molecular weight is 475 g/mol. The number of aliphatic hydroxyl groups excluding tert-OH is 4. The maximum atomic E-state index is 9.96. The molecule has 0 aliphatic carbocycles. The van der Waals surface area contributed by atoms with Crippen LogP contribution in [0.15, 0.2) is 58.8 Å². The number of hydrogen-bond donors (Lipinski definition) is 4. The Balaban J connectivity index is 1.47. The van der Waals surface area contributed by atoms with E-state index in [0.29, 0.717) is 0 Å². The number of aromatic nitrogens is 4. The molecule has 4 N–H and O–H groups in total. The Hall–Kier alpha value is -2.08. The molecule has 0 radical (unpaired) electrons. The first-order valence-corrected chi connectivity index (χ1v) is 12.3. The van der Waals surface area contributed by atoms with Crippen molar-refractivity contribution in [3.05, 3.63) is 48.5 Å². The molecule has 10 heteroatoms. The Morgan fingerprint density at radius 2 is 1.09 bits per heavy atom. The molecule has 0 amide bonds. The molecule has 0 aliphatic rings. The zero-order valence-corrected chi connectivity index (χ0v) is 19.0. The number of aliphatic hydroxyl groups is 4. The number of imidazole rings is 2. The van der Waals surface area contributed by atoms with Crippen LogP contribution in [-0.2, 0) is 13.1 Å². The molecule has 2 aromatic heterocycles. The second kappa shape index (κ2) is 10.7. The summed E-state index contributed by atoms with van der Waals surface area (Å²) in [4.78, 5) is 9.38. The molecule has 2 heterocycles. The van der Waals surface area contributed by atoms with Crippen molar-refractivity contribution in [3.63, 3.8) is 0 Å². The zero-order valence-electron chi connectivity index (χ0n) is 17.4. The molecule has 32 heavy (non-hydrogen) atoms. The highest BCUT2D eigenvalue weighted by Gasteiger charge is 2.16. The molecule has 0 spiro atoms. The normalized spacial score (nSPS) is 13.8. The lowest BCUT2D eigenvalue weighted by Crippen LogP contribution is -2.20. The quantitative estimate of drug-likeness (QED) is 0.193. The molecule has 0 bridgehead atoms. The van der Waals surface area contributed by atoms with Crippen molar-refractivity contribution in [1.29, 1.82) is 0 Å². The van der Waals surface area contributed by atoms with Crippen molar-refractivity contribution in [2.75, 3.05) is 24.7 Å². The summed E-state index contributed by atoms with van der Waals surface area (Å²) in [6, 6.07) is 15.5. The first-order valence-electron chi connectivity index (χ1n) is 10.3. The fourth-order valence-electron chi connectivity index (χ4n) is 3.48. The van der Waals surface area contributed by atoms with Gasteiger partial charge in [-0.1, -0.05) is 47.8 Å². The first kappa shape index (κ1) is 23.1. The number of fused-ring (bicyclic) bond motifs is 2. The van der Waals surface area contributed by atoms with Crippen LogP contribution in [0.4, 0.5) is 0 Å². The van der Waals surface area contributed by atoms with Gasteiger partial charge in [-0.25, -0.2) is 9.97 Å². The maximum absolute atomic E-state index is 9.96. The van der Waals surface area contributed by atoms with Crippen molar-refractivity contribution < 1.29 is 20.4 Å². The molecular formula is C22H26N4O4S2. The number of rotatable bonds is 11. The highest BCUT2D eigenvalue weighted by molar-refractivity contribution is 8.02. The van der Waals surface area contributed by atoms with E-state index >= 15 is 0 Å². The Kier molecular flexibility index (Phi) is 7.71. The van der Waals surface area contributed by atoms with Gasteiger partial charge in [0.1, 0.15) is 0 Å². The Labute approximate surface area is 193 Å². The van der Waals surface area contributed by atoms with Crippen molar-refractivity contribution in [2.24, 2.45) is 0 Å². The van der Waals surface area contributed by atoms with Gasteiger partial charge in [0.15, 0.2) is 10.3 Å². The lowest BCUT2D eigenvalue weighted by atomic mass is 10.3. The van der Waals surface area contributed by atoms with E-state index in [1.165, 1.54) is 0 Å². The lowest BCUT2D eigenvalue weighted by Gasteiger charge is -2.13. The molecule has 0 unspecified atom stereocenters. The third-order valence-electron chi connectivity index (χ3n) is 4.99. The van der Waals surface area contributed by atoms with Crippen LogP contribution in [0.2, 0.25) is 0 Å². The van der Waals surface area contributed by atoms with Crippen LogP contribution >= 0.6 is 23.5 Å². The Morgan fingerprint density at radius 1 is 0.688 bits per heavy atom. The van der Waals surface area contributed by atoms with E-state index in [9.17, 15) is 20.4 Å². The summed E-state index contributed by atoms with van der Waals surface area (Å²) in [5, 5.41) is 40.1. The predicted molar refractivity (Wildman–Crippen MR) is 127 cm³/mol. The molecule has 4 aromatic rings. The van der Waals surface area contributed by atoms with E-state index in [2.05, 4.69) is 9.97 Å². The summed E-state index contributed by atoms with van der Waals surface area (Å²) in [6.07, 6.45) is -1.70. The maximum Gasteiger partial charge on any atom is 0.169 e. The molecule has 8 nitrogen and oxygen atoms in total. The van der Waals surface area contributed by atoms with Crippen LogP contribution < -0.4 is 0 Å². The van der Waals surface area contributed by atoms with Gasteiger partial charge in [-0.2, -0.15) is 0 Å². The van der Waals surface area contributed by atoms with Crippen LogP contribution in [-0.4, -0.2) is 76.5 Å². The molecule has 0 aliphatic heterocycles. The number of para-hydroxylation sites is 4. The van der Waals surface area contributed by atoms with Gasteiger partial charge >= 0.3 is 0 Å². The summed E-state index contributed by atoms with van der Waals surface area (Å²) in [6.45, 7) is -0.0482. The lowest BCUT2D eigenvalue weighted by molar-refractivity contribution is 0.0802. The minimum atomic E-state index is -0.848. The smallest absolute Gasteiger partial charge is 0.169 e. The summed E-state index contributed by atoms with van der Waals surface area (Å²) in [5.41, 5.74) is 3.56. The molecule has 4 rings (SSSR count). The second-order valence-electron chi connectivity index (χ2n) is 7.36. The van der Waals surface area contributed by atoms with E-state index in [4.69, 9.17) is 0 Å². The van der Waals surface area contributed by atoms with E-state index in [-0.39, 0.29) is 26.3 Å². The van der Waals surface area contributed by atoms with Gasteiger partial charge in [-0.3, -0.25) is 0 Å².